The molecule has 0 aliphatic carbocycles. The van der Waals surface area contributed by atoms with Crippen molar-refractivity contribution in [3.63, 3.8) is 0 Å². The molecule has 0 spiro atoms. The molecule has 1 saturated heterocycles. The van der Waals surface area contributed by atoms with Gasteiger partial charge in [-0.15, -0.1) is 0 Å². The molecule has 0 radical (unpaired) electrons. The lowest BCUT2D eigenvalue weighted by molar-refractivity contribution is 0.0387. The maximum Gasteiger partial charge on any atom is 0.270 e. The summed E-state index contributed by atoms with van der Waals surface area (Å²) in [5.74, 6) is 0.508. The third-order valence-electron chi connectivity index (χ3n) is 3.89. The molecule has 0 bridgehead atoms. The van der Waals surface area contributed by atoms with Gasteiger partial charge >= 0.3 is 0 Å². The molecule has 1 aliphatic rings. The second-order valence-corrected chi connectivity index (χ2v) is 5.54. The second-order valence-electron chi connectivity index (χ2n) is 5.54. The third-order valence-corrected chi connectivity index (χ3v) is 3.89. The number of hydrogen-bond donors (Lipinski definition) is 1. The summed E-state index contributed by atoms with van der Waals surface area (Å²) in [6.45, 7) is 2.38. The van der Waals surface area contributed by atoms with E-state index < -0.39 is 0 Å². The van der Waals surface area contributed by atoms with Crippen molar-refractivity contribution in [1.82, 2.24) is 9.88 Å². The zero-order valence-corrected chi connectivity index (χ0v) is 11.8. The summed E-state index contributed by atoms with van der Waals surface area (Å²) in [5.41, 5.74) is 1.66. The Balaban J connectivity index is 1.70. The van der Waals surface area contributed by atoms with Gasteiger partial charge in [0.05, 0.1) is 6.61 Å². The second kappa shape index (κ2) is 5.67. The van der Waals surface area contributed by atoms with Gasteiger partial charge in [0.2, 0.25) is 0 Å². The van der Waals surface area contributed by atoms with E-state index in [1.54, 1.807) is 4.90 Å². The maximum absolute atomic E-state index is 12.4. The van der Waals surface area contributed by atoms with Crippen LogP contribution >= 0.6 is 0 Å². The maximum atomic E-state index is 12.4. The number of benzene rings is 1. The van der Waals surface area contributed by atoms with Crippen LogP contribution in [0.3, 0.4) is 0 Å². The lowest BCUT2D eigenvalue weighted by Gasteiger charge is -2.26. The predicted molar refractivity (Wildman–Crippen MR) is 78.8 cm³/mol. The minimum absolute atomic E-state index is 0.0479. The van der Waals surface area contributed by atoms with E-state index in [1.807, 2.05) is 37.4 Å². The highest BCUT2D eigenvalue weighted by atomic mass is 16.5. The Morgan fingerprint density at radius 1 is 1.45 bits per heavy atom. The van der Waals surface area contributed by atoms with E-state index in [1.165, 1.54) is 0 Å². The standard InChI is InChI=1S/C16H20N2O2/c1-18(10-12-5-4-8-20-11-12)16(19)15-9-13-6-2-3-7-14(13)17-15/h2-3,6-7,9,12,17H,4-5,8,10-11H2,1H3. The van der Waals surface area contributed by atoms with Crippen molar-refractivity contribution in [1.29, 1.82) is 0 Å². The fraction of sp³-hybridized carbons (Fsp3) is 0.438. The Morgan fingerprint density at radius 3 is 3.05 bits per heavy atom. The lowest BCUT2D eigenvalue weighted by atomic mass is 10.0. The normalized spacial score (nSPS) is 19.1. The van der Waals surface area contributed by atoms with Crippen LogP contribution in [0.25, 0.3) is 10.9 Å². The summed E-state index contributed by atoms with van der Waals surface area (Å²) in [6, 6.07) is 9.87. The topological polar surface area (TPSA) is 45.3 Å². The van der Waals surface area contributed by atoms with E-state index in [9.17, 15) is 4.79 Å². The Labute approximate surface area is 118 Å². The van der Waals surface area contributed by atoms with Gasteiger partial charge in [-0.05, 0) is 30.9 Å². The Kier molecular flexibility index (Phi) is 3.74. The van der Waals surface area contributed by atoms with Crippen molar-refractivity contribution in [2.45, 2.75) is 12.8 Å². The number of nitrogens with one attached hydrogen (secondary N) is 1. The number of rotatable bonds is 3. The van der Waals surface area contributed by atoms with Gasteiger partial charge in [-0.2, -0.15) is 0 Å². The van der Waals surface area contributed by atoms with Gasteiger partial charge in [-0.3, -0.25) is 4.79 Å². The molecule has 20 heavy (non-hydrogen) atoms. The number of hydrogen-bond acceptors (Lipinski definition) is 2. The molecule has 106 valence electrons. The van der Waals surface area contributed by atoms with Crippen LogP contribution in [0.15, 0.2) is 30.3 Å². The Hall–Kier alpha value is -1.81. The number of ether oxygens (including phenoxy) is 1. The fourth-order valence-electron chi connectivity index (χ4n) is 2.82. The number of para-hydroxylation sites is 1. The fourth-order valence-corrected chi connectivity index (χ4v) is 2.82. The molecule has 1 aromatic heterocycles. The van der Waals surface area contributed by atoms with Crippen molar-refractivity contribution < 1.29 is 9.53 Å². The monoisotopic (exact) mass is 272 g/mol. The summed E-state index contributed by atoms with van der Waals surface area (Å²) >= 11 is 0. The van der Waals surface area contributed by atoms with E-state index in [0.29, 0.717) is 11.6 Å². The van der Waals surface area contributed by atoms with Gasteiger partial charge in [-0.25, -0.2) is 0 Å². The molecule has 1 atom stereocenters. The molecule has 4 heteroatoms. The van der Waals surface area contributed by atoms with Crippen molar-refractivity contribution >= 4 is 16.8 Å². The van der Waals surface area contributed by atoms with Crippen LogP contribution in [0.2, 0.25) is 0 Å². The molecule has 1 aromatic carbocycles. The van der Waals surface area contributed by atoms with Crippen LogP contribution in [0, 0.1) is 5.92 Å². The summed E-state index contributed by atoms with van der Waals surface area (Å²) in [6.07, 6.45) is 2.24. The smallest absolute Gasteiger partial charge is 0.270 e. The van der Waals surface area contributed by atoms with Gasteiger partial charge in [0, 0.05) is 31.1 Å². The van der Waals surface area contributed by atoms with Crippen molar-refractivity contribution in [3.8, 4) is 0 Å². The van der Waals surface area contributed by atoms with E-state index in [2.05, 4.69) is 4.98 Å². The number of amides is 1. The van der Waals surface area contributed by atoms with Crippen LogP contribution in [-0.4, -0.2) is 42.6 Å². The molecule has 4 nitrogen and oxygen atoms in total. The highest BCUT2D eigenvalue weighted by Gasteiger charge is 2.20. The zero-order valence-electron chi connectivity index (χ0n) is 11.8. The van der Waals surface area contributed by atoms with E-state index in [-0.39, 0.29) is 5.91 Å². The molecule has 1 fully saturated rings. The molecular formula is C16H20N2O2. The van der Waals surface area contributed by atoms with Crippen LogP contribution < -0.4 is 0 Å². The van der Waals surface area contributed by atoms with Gasteiger partial charge in [-0.1, -0.05) is 18.2 Å². The van der Waals surface area contributed by atoms with E-state index in [0.717, 1.165) is 43.5 Å². The Bertz CT molecular complexity index is 566. The zero-order chi connectivity index (χ0) is 13.9. The molecule has 2 aromatic rings. The average molecular weight is 272 g/mol. The Morgan fingerprint density at radius 2 is 2.30 bits per heavy atom. The number of fused-ring (bicyclic) bond motifs is 1. The molecular weight excluding hydrogens is 252 g/mol. The van der Waals surface area contributed by atoms with Crippen molar-refractivity contribution in [3.05, 3.63) is 36.0 Å². The highest BCUT2D eigenvalue weighted by molar-refractivity contribution is 5.97. The minimum Gasteiger partial charge on any atom is -0.381 e. The van der Waals surface area contributed by atoms with E-state index >= 15 is 0 Å². The number of aromatic amines is 1. The average Bonchev–Trinajstić information content (AvgIpc) is 2.91. The molecule has 1 N–H and O–H groups in total. The third kappa shape index (κ3) is 2.70. The number of carbonyl (C=O) groups excluding carboxylic acids is 1. The molecule has 2 heterocycles. The first kappa shape index (κ1) is 13.2. The first-order valence-electron chi connectivity index (χ1n) is 7.15. The molecule has 1 unspecified atom stereocenters. The summed E-state index contributed by atoms with van der Waals surface area (Å²) in [5, 5.41) is 1.07. The SMILES string of the molecule is CN(CC1CCCOC1)C(=O)c1cc2ccccc2[nH]1. The molecule has 3 rings (SSSR count). The van der Waals surface area contributed by atoms with Gasteiger partial charge < -0.3 is 14.6 Å². The van der Waals surface area contributed by atoms with Crippen LogP contribution in [0.1, 0.15) is 23.3 Å². The van der Waals surface area contributed by atoms with Gasteiger partial charge in [0.1, 0.15) is 5.69 Å². The molecule has 1 amide bonds. The number of aromatic nitrogens is 1. The first-order chi connectivity index (χ1) is 9.74. The number of carbonyl (C=O) groups is 1. The largest absolute Gasteiger partial charge is 0.381 e. The van der Waals surface area contributed by atoms with Crippen molar-refractivity contribution in [2.24, 2.45) is 5.92 Å². The highest BCUT2D eigenvalue weighted by Crippen LogP contribution is 2.18. The summed E-state index contributed by atoms with van der Waals surface area (Å²) in [7, 11) is 1.86. The lowest BCUT2D eigenvalue weighted by Crippen LogP contribution is -2.35. The van der Waals surface area contributed by atoms with Gasteiger partial charge in [0.25, 0.3) is 5.91 Å². The van der Waals surface area contributed by atoms with Crippen LogP contribution in [-0.2, 0) is 4.74 Å². The first-order valence-corrected chi connectivity index (χ1v) is 7.15. The van der Waals surface area contributed by atoms with Crippen LogP contribution in [0.4, 0.5) is 0 Å². The van der Waals surface area contributed by atoms with E-state index in [4.69, 9.17) is 4.74 Å². The summed E-state index contributed by atoms with van der Waals surface area (Å²) in [4.78, 5) is 17.4. The van der Waals surface area contributed by atoms with Gasteiger partial charge in [0.15, 0.2) is 0 Å². The number of nitrogens with zero attached hydrogens (tertiary/aromatic N) is 1. The number of H-pyrrole nitrogens is 1. The predicted octanol–water partition coefficient (Wildman–Crippen LogP) is 2.67. The van der Waals surface area contributed by atoms with Crippen molar-refractivity contribution in [2.75, 3.05) is 26.8 Å². The quantitative estimate of drug-likeness (QED) is 0.933. The van der Waals surface area contributed by atoms with Crippen LogP contribution in [0.5, 0.6) is 0 Å². The molecule has 1 aliphatic heterocycles. The minimum atomic E-state index is 0.0479. The summed E-state index contributed by atoms with van der Waals surface area (Å²) < 4.78 is 5.47. The molecule has 0 saturated carbocycles.